The molecule has 0 radical (unpaired) electrons. The molecule has 1 fully saturated rings. The summed E-state index contributed by atoms with van der Waals surface area (Å²) >= 11 is 1.45. The molecule has 0 amide bonds. The first kappa shape index (κ1) is 9.85. The van der Waals surface area contributed by atoms with E-state index in [1.54, 1.807) is 6.20 Å². The number of nitrogens with zero attached hydrogens (tertiary/aromatic N) is 1. The minimum Gasteiger partial charge on any atom is -0.389 e. The molecule has 2 rings (SSSR count). The molecule has 2 atom stereocenters. The second-order valence-electron chi connectivity index (χ2n) is 3.26. The maximum Gasteiger partial charge on any atom is 0.180 e. The van der Waals surface area contributed by atoms with Crippen LogP contribution in [0, 0.1) is 0 Å². The molecule has 2 heterocycles. The van der Waals surface area contributed by atoms with Gasteiger partial charge in [-0.25, -0.2) is 4.98 Å². The highest BCUT2D eigenvalue weighted by Crippen LogP contribution is 2.14. The quantitative estimate of drug-likeness (QED) is 0.638. The molecule has 1 aromatic heterocycles. The Kier molecular flexibility index (Phi) is 2.97. The summed E-state index contributed by atoms with van der Waals surface area (Å²) in [5.41, 5.74) is 5.50. The van der Waals surface area contributed by atoms with E-state index in [1.807, 2.05) is 0 Å². The molecule has 1 aliphatic heterocycles. The average molecular weight is 215 g/mol. The molecule has 6 heteroatoms. The van der Waals surface area contributed by atoms with Crippen molar-refractivity contribution in [3.8, 4) is 0 Å². The third-order valence-electron chi connectivity index (χ3n) is 2.16. The summed E-state index contributed by atoms with van der Waals surface area (Å²) in [5, 5.41) is 13.2. The molecule has 0 aliphatic carbocycles. The minimum atomic E-state index is -0.403. The van der Waals surface area contributed by atoms with E-state index in [-0.39, 0.29) is 6.04 Å². The molecule has 4 N–H and O–H groups in total. The number of anilines is 1. The maximum atomic E-state index is 9.45. The Balaban J connectivity index is 1.82. The zero-order valence-corrected chi connectivity index (χ0v) is 8.46. The lowest BCUT2D eigenvalue weighted by molar-refractivity contribution is 0.122. The Morgan fingerprint density at radius 2 is 2.57 bits per heavy atom. The second-order valence-corrected chi connectivity index (χ2v) is 4.40. The number of nitrogens with two attached hydrogens (primary N) is 1. The summed E-state index contributed by atoms with van der Waals surface area (Å²) in [6.45, 7) is 1.66. The molecule has 1 aromatic rings. The lowest BCUT2D eigenvalue weighted by Crippen LogP contribution is -2.38. The predicted molar refractivity (Wildman–Crippen MR) is 54.0 cm³/mol. The normalized spacial score (nSPS) is 26.9. The number of thiazole rings is 1. The highest BCUT2D eigenvalue weighted by molar-refractivity contribution is 7.15. The van der Waals surface area contributed by atoms with Crippen LogP contribution in [0.15, 0.2) is 6.20 Å². The Labute approximate surface area is 85.9 Å². The number of hydrogen-bond donors (Lipinski definition) is 3. The van der Waals surface area contributed by atoms with Gasteiger partial charge in [-0.1, -0.05) is 0 Å². The Morgan fingerprint density at radius 3 is 3.14 bits per heavy atom. The van der Waals surface area contributed by atoms with Crippen molar-refractivity contribution >= 4 is 16.5 Å². The van der Waals surface area contributed by atoms with Gasteiger partial charge < -0.3 is 20.9 Å². The number of hydrogen-bond acceptors (Lipinski definition) is 6. The van der Waals surface area contributed by atoms with Crippen molar-refractivity contribution in [2.24, 2.45) is 0 Å². The van der Waals surface area contributed by atoms with Gasteiger partial charge in [-0.2, -0.15) is 0 Å². The van der Waals surface area contributed by atoms with Gasteiger partial charge in [0.05, 0.1) is 25.4 Å². The molecule has 1 aliphatic rings. The first-order valence-electron chi connectivity index (χ1n) is 4.45. The SMILES string of the molecule is Nc1ncc(CNC2COCC2O)s1. The van der Waals surface area contributed by atoms with Gasteiger partial charge in [-0.15, -0.1) is 11.3 Å². The fraction of sp³-hybridized carbons (Fsp3) is 0.625. The van der Waals surface area contributed by atoms with Crippen molar-refractivity contribution in [3.05, 3.63) is 11.1 Å². The summed E-state index contributed by atoms with van der Waals surface area (Å²) in [6.07, 6.45) is 1.34. The van der Waals surface area contributed by atoms with Gasteiger partial charge in [0.1, 0.15) is 0 Å². The third-order valence-corrected chi connectivity index (χ3v) is 2.99. The van der Waals surface area contributed by atoms with Gasteiger partial charge in [0.15, 0.2) is 5.13 Å². The van der Waals surface area contributed by atoms with Crippen LogP contribution in [0.3, 0.4) is 0 Å². The molecule has 2 unspecified atom stereocenters. The van der Waals surface area contributed by atoms with Crippen molar-refractivity contribution in [3.63, 3.8) is 0 Å². The highest BCUT2D eigenvalue weighted by atomic mass is 32.1. The van der Waals surface area contributed by atoms with Crippen LogP contribution in [-0.2, 0) is 11.3 Å². The Hall–Kier alpha value is -0.690. The number of nitrogen functional groups attached to an aromatic ring is 1. The number of aliphatic hydroxyl groups excluding tert-OH is 1. The zero-order valence-electron chi connectivity index (χ0n) is 7.64. The maximum absolute atomic E-state index is 9.45. The van der Waals surface area contributed by atoms with Crippen molar-refractivity contribution in [1.29, 1.82) is 0 Å². The van der Waals surface area contributed by atoms with Gasteiger partial charge in [-0.05, 0) is 0 Å². The van der Waals surface area contributed by atoms with E-state index in [0.717, 1.165) is 4.88 Å². The molecular formula is C8H13N3O2S. The molecule has 78 valence electrons. The van der Waals surface area contributed by atoms with Crippen LogP contribution >= 0.6 is 11.3 Å². The van der Waals surface area contributed by atoms with E-state index >= 15 is 0 Å². The molecule has 5 nitrogen and oxygen atoms in total. The van der Waals surface area contributed by atoms with Crippen LogP contribution in [0.25, 0.3) is 0 Å². The van der Waals surface area contributed by atoms with Gasteiger partial charge in [0.2, 0.25) is 0 Å². The van der Waals surface area contributed by atoms with Crippen LogP contribution in [0.5, 0.6) is 0 Å². The van der Waals surface area contributed by atoms with E-state index in [0.29, 0.717) is 24.9 Å². The van der Waals surface area contributed by atoms with Crippen LogP contribution in [0.2, 0.25) is 0 Å². The summed E-state index contributed by atoms with van der Waals surface area (Å²) in [4.78, 5) is 5.01. The summed E-state index contributed by atoms with van der Waals surface area (Å²) in [5.74, 6) is 0. The molecule has 0 saturated carbocycles. The van der Waals surface area contributed by atoms with Crippen molar-refractivity contribution in [2.45, 2.75) is 18.7 Å². The molecule has 0 bridgehead atoms. The largest absolute Gasteiger partial charge is 0.389 e. The minimum absolute atomic E-state index is 0.0262. The first-order valence-corrected chi connectivity index (χ1v) is 5.27. The van der Waals surface area contributed by atoms with Crippen LogP contribution < -0.4 is 11.1 Å². The standard InChI is InChI=1S/C8H13N3O2S/c9-8-11-2-5(14-8)1-10-6-3-13-4-7(6)12/h2,6-7,10,12H,1,3-4H2,(H2,9,11). The summed E-state index contributed by atoms with van der Waals surface area (Å²) in [7, 11) is 0. The third kappa shape index (κ3) is 2.21. The highest BCUT2D eigenvalue weighted by Gasteiger charge is 2.25. The van der Waals surface area contributed by atoms with Gasteiger partial charge in [0, 0.05) is 17.6 Å². The average Bonchev–Trinajstić information content (AvgIpc) is 2.72. The topological polar surface area (TPSA) is 80.4 Å². The van der Waals surface area contributed by atoms with E-state index in [4.69, 9.17) is 10.5 Å². The molecule has 1 saturated heterocycles. The number of rotatable bonds is 3. The zero-order chi connectivity index (χ0) is 9.97. The molecule has 0 aromatic carbocycles. The van der Waals surface area contributed by atoms with E-state index < -0.39 is 6.10 Å². The van der Waals surface area contributed by atoms with Crippen molar-refractivity contribution in [2.75, 3.05) is 18.9 Å². The van der Waals surface area contributed by atoms with Crippen molar-refractivity contribution in [1.82, 2.24) is 10.3 Å². The van der Waals surface area contributed by atoms with E-state index in [1.165, 1.54) is 11.3 Å². The number of nitrogens with one attached hydrogen (secondary N) is 1. The van der Waals surface area contributed by atoms with Crippen LogP contribution in [-0.4, -0.2) is 35.5 Å². The Morgan fingerprint density at radius 1 is 1.71 bits per heavy atom. The molecule has 0 spiro atoms. The van der Waals surface area contributed by atoms with Crippen LogP contribution in [0.4, 0.5) is 5.13 Å². The number of ether oxygens (including phenoxy) is 1. The fourth-order valence-corrected chi connectivity index (χ4v) is 2.01. The van der Waals surface area contributed by atoms with E-state index in [2.05, 4.69) is 10.3 Å². The molecule has 14 heavy (non-hydrogen) atoms. The second kappa shape index (κ2) is 4.22. The number of aromatic nitrogens is 1. The smallest absolute Gasteiger partial charge is 0.180 e. The van der Waals surface area contributed by atoms with Gasteiger partial charge >= 0.3 is 0 Å². The van der Waals surface area contributed by atoms with Crippen molar-refractivity contribution < 1.29 is 9.84 Å². The van der Waals surface area contributed by atoms with E-state index in [9.17, 15) is 5.11 Å². The van der Waals surface area contributed by atoms with Crippen LogP contribution in [0.1, 0.15) is 4.88 Å². The monoisotopic (exact) mass is 215 g/mol. The Bertz CT molecular complexity index is 305. The lowest BCUT2D eigenvalue weighted by atomic mass is 10.2. The summed E-state index contributed by atoms with van der Waals surface area (Å²) in [6, 6.07) is 0.0262. The lowest BCUT2D eigenvalue weighted by Gasteiger charge is -2.12. The molecular weight excluding hydrogens is 202 g/mol. The predicted octanol–water partition coefficient (Wildman–Crippen LogP) is -0.425. The summed E-state index contributed by atoms with van der Waals surface area (Å²) < 4.78 is 5.11. The van der Waals surface area contributed by atoms with Gasteiger partial charge in [0.25, 0.3) is 0 Å². The van der Waals surface area contributed by atoms with Gasteiger partial charge in [-0.3, -0.25) is 0 Å². The fourth-order valence-electron chi connectivity index (χ4n) is 1.37. The first-order chi connectivity index (χ1) is 6.75. The number of aliphatic hydroxyl groups is 1.